The minimum Gasteiger partial charge on any atom is -0.494 e. The van der Waals surface area contributed by atoms with Gasteiger partial charge in [0, 0.05) is 18.7 Å². The van der Waals surface area contributed by atoms with Gasteiger partial charge in [-0.25, -0.2) is 0 Å². The van der Waals surface area contributed by atoms with Gasteiger partial charge in [-0.2, -0.15) is 0 Å². The Morgan fingerprint density at radius 1 is 1.47 bits per heavy atom. The maximum absolute atomic E-state index is 11.9. The largest absolute Gasteiger partial charge is 0.494 e. The van der Waals surface area contributed by atoms with Crippen molar-refractivity contribution >= 4 is 18.3 Å². The average molecular weight is 285 g/mol. The highest BCUT2D eigenvalue weighted by atomic mass is 35.5. The van der Waals surface area contributed by atoms with E-state index >= 15 is 0 Å². The van der Waals surface area contributed by atoms with Gasteiger partial charge >= 0.3 is 0 Å². The van der Waals surface area contributed by atoms with Crippen molar-refractivity contribution in [1.82, 2.24) is 10.6 Å². The van der Waals surface area contributed by atoms with Crippen LogP contribution in [-0.4, -0.2) is 25.6 Å². The molecule has 2 N–H and O–H groups in total. The highest BCUT2D eigenvalue weighted by Crippen LogP contribution is 2.18. The number of benzene rings is 1. The van der Waals surface area contributed by atoms with Crippen molar-refractivity contribution in [2.24, 2.45) is 5.92 Å². The molecular weight excluding hydrogens is 264 g/mol. The molecule has 0 radical (unpaired) electrons. The van der Waals surface area contributed by atoms with E-state index in [-0.39, 0.29) is 24.2 Å². The lowest BCUT2D eigenvalue weighted by Crippen LogP contribution is -2.31. The summed E-state index contributed by atoms with van der Waals surface area (Å²) in [5.74, 6) is 1.10. The molecule has 0 bridgehead atoms. The summed E-state index contributed by atoms with van der Waals surface area (Å²) in [5.41, 5.74) is 1.03. The van der Waals surface area contributed by atoms with Gasteiger partial charge in [0.2, 0.25) is 5.91 Å². The lowest BCUT2D eigenvalue weighted by molar-refractivity contribution is -0.124. The number of amides is 1. The summed E-state index contributed by atoms with van der Waals surface area (Å²) in [5, 5.41) is 6.18. The second kappa shape index (κ2) is 8.02. The fourth-order valence-electron chi connectivity index (χ4n) is 2.15. The Hall–Kier alpha value is -1.26. The van der Waals surface area contributed by atoms with Crippen LogP contribution in [0.2, 0.25) is 0 Å². The predicted octanol–water partition coefficient (Wildman–Crippen LogP) is 1.73. The summed E-state index contributed by atoms with van der Waals surface area (Å²) in [7, 11) is 0. The molecule has 5 heteroatoms. The van der Waals surface area contributed by atoms with Crippen LogP contribution in [0.25, 0.3) is 0 Å². The third kappa shape index (κ3) is 4.40. The molecule has 1 atom stereocenters. The van der Waals surface area contributed by atoms with Gasteiger partial charge in [-0.05, 0) is 26.0 Å². The van der Waals surface area contributed by atoms with Gasteiger partial charge < -0.3 is 15.4 Å². The highest BCUT2D eigenvalue weighted by molar-refractivity contribution is 5.85. The Morgan fingerprint density at radius 3 is 2.95 bits per heavy atom. The monoisotopic (exact) mass is 284 g/mol. The number of para-hydroxylation sites is 1. The van der Waals surface area contributed by atoms with Crippen molar-refractivity contribution in [1.29, 1.82) is 0 Å². The van der Waals surface area contributed by atoms with Crippen LogP contribution in [0.3, 0.4) is 0 Å². The Morgan fingerprint density at radius 2 is 2.26 bits per heavy atom. The molecule has 1 heterocycles. The number of carbonyl (C=O) groups excluding carboxylic acids is 1. The van der Waals surface area contributed by atoms with Crippen molar-refractivity contribution in [3.05, 3.63) is 29.8 Å². The molecule has 0 spiro atoms. The second-order valence-electron chi connectivity index (χ2n) is 4.45. The van der Waals surface area contributed by atoms with E-state index in [1.165, 1.54) is 0 Å². The van der Waals surface area contributed by atoms with Gasteiger partial charge in [0.25, 0.3) is 0 Å². The summed E-state index contributed by atoms with van der Waals surface area (Å²) >= 11 is 0. The van der Waals surface area contributed by atoms with E-state index in [9.17, 15) is 4.79 Å². The van der Waals surface area contributed by atoms with Crippen molar-refractivity contribution in [2.45, 2.75) is 19.9 Å². The topological polar surface area (TPSA) is 50.4 Å². The molecule has 1 aliphatic heterocycles. The molecule has 1 fully saturated rings. The first-order valence-corrected chi connectivity index (χ1v) is 6.50. The molecule has 1 aromatic carbocycles. The minimum atomic E-state index is 0. The Bertz CT molecular complexity index is 406. The molecule has 1 unspecified atom stereocenters. The third-order valence-electron chi connectivity index (χ3n) is 3.16. The Balaban J connectivity index is 0.00000180. The molecule has 1 aromatic rings. The molecule has 19 heavy (non-hydrogen) atoms. The smallest absolute Gasteiger partial charge is 0.224 e. The number of rotatable bonds is 5. The van der Waals surface area contributed by atoms with E-state index in [1.807, 2.05) is 31.2 Å². The fourth-order valence-corrected chi connectivity index (χ4v) is 2.15. The van der Waals surface area contributed by atoms with Gasteiger partial charge in [-0.15, -0.1) is 12.4 Å². The molecule has 0 saturated carbocycles. The van der Waals surface area contributed by atoms with Crippen LogP contribution in [0, 0.1) is 5.92 Å². The summed E-state index contributed by atoms with van der Waals surface area (Å²) in [4.78, 5) is 11.9. The fraction of sp³-hybridized carbons (Fsp3) is 0.500. The van der Waals surface area contributed by atoms with Gasteiger partial charge in [-0.3, -0.25) is 4.79 Å². The van der Waals surface area contributed by atoms with E-state index in [0.29, 0.717) is 13.2 Å². The van der Waals surface area contributed by atoms with Crippen LogP contribution in [0.4, 0.5) is 0 Å². The number of carbonyl (C=O) groups is 1. The molecule has 4 nitrogen and oxygen atoms in total. The van der Waals surface area contributed by atoms with Crippen LogP contribution < -0.4 is 15.4 Å². The Labute approximate surface area is 120 Å². The normalized spacial score (nSPS) is 17.6. The summed E-state index contributed by atoms with van der Waals surface area (Å²) in [6.07, 6.45) is 0.930. The zero-order valence-corrected chi connectivity index (χ0v) is 12.0. The van der Waals surface area contributed by atoms with Crippen LogP contribution >= 0.6 is 12.4 Å². The van der Waals surface area contributed by atoms with Crippen molar-refractivity contribution in [3.63, 3.8) is 0 Å². The van der Waals surface area contributed by atoms with E-state index in [1.54, 1.807) is 0 Å². The Kier molecular flexibility index (Phi) is 6.67. The second-order valence-corrected chi connectivity index (χ2v) is 4.45. The van der Waals surface area contributed by atoms with E-state index in [0.717, 1.165) is 30.8 Å². The quantitative estimate of drug-likeness (QED) is 0.866. The SMILES string of the molecule is CCOc1ccccc1CNC(=O)C1CCNC1.Cl. The van der Waals surface area contributed by atoms with Gasteiger partial charge in [0.15, 0.2) is 0 Å². The molecule has 0 aromatic heterocycles. The molecular formula is C14H21ClN2O2. The van der Waals surface area contributed by atoms with Crippen molar-refractivity contribution < 1.29 is 9.53 Å². The van der Waals surface area contributed by atoms with Crippen LogP contribution in [-0.2, 0) is 11.3 Å². The first-order chi connectivity index (χ1) is 8.81. The van der Waals surface area contributed by atoms with Crippen molar-refractivity contribution in [2.75, 3.05) is 19.7 Å². The van der Waals surface area contributed by atoms with Gasteiger partial charge in [0.05, 0.1) is 12.5 Å². The van der Waals surface area contributed by atoms with Crippen LogP contribution in [0.1, 0.15) is 18.9 Å². The number of hydrogen-bond donors (Lipinski definition) is 2. The molecule has 1 saturated heterocycles. The lowest BCUT2D eigenvalue weighted by Gasteiger charge is -2.13. The zero-order valence-electron chi connectivity index (χ0n) is 11.1. The predicted molar refractivity (Wildman–Crippen MR) is 77.7 cm³/mol. The van der Waals surface area contributed by atoms with E-state index in [4.69, 9.17) is 4.74 Å². The molecule has 1 aliphatic rings. The van der Waals surface area contributed by atoms with Crippen LogP contribution in [0.15, 0.2) is 24.3 Å². The number of hydrogen-bond acceptors (Lipinski definition) is 3. The highest BCUT2D eigenvalue weighted by Gasteiger charge is 2.22. The summed E-state index contributed by atoms with van der Waals surface area (Å²) < 4.78 is 5.53. The average Bonchev–Trinajstić information content (AvgIpc) is 2.92. The first-order valence-electron chi connectivity index (χ1n) is 6.50. The van der Waals surface area contributed by atoms with Crippen molar-refractivity contribution in [3.8, 4) is 5.75 Å². The maximum atomic E-state index is 11.9. The zero-order chi connectivity index (χ0) is 12.8. The summed E-state index contributed by atoms with van der Waals surface area (Å²) in [6.45, 7) is 4.86. The van der Waals surface area contributed by atoms with Crippen LogP contribution in [0.5, 0.6) is 5.75 Å². The third-order valence-corrected chi connectivity index (χ3v) is 3.16. The lowest BCUT2D eigenvalue weighted by atomic mass is 10.1. The molecule has 1 amide bonds. The number of halogens is 1. The molecule has 106 valence electrons. The summed E-state index contributed by atoms with van der Waals surface area (Å²) in [6, 6.07) is 7.82. The first kappa shape index (κ1) is 15.8. The standard InChI is InChI=1S/C14H20N2O2.ClH/c1-2-18-13-6-4-3-5-11(13)10-16-14(17)12-7-8-15-9-12;/h3-6,12,15H,2,7-10H2,1H3,(H,16,17);1H. The number of nitrogens with one attached hydrogen (secondary N) is 2. The molecule has 2 rings (SSSR count). The van der Waals surface area contributed by atoms with E-state index < -0.39 is 0 Å². The van der Waals surface area contributed by atoms with Gasteiger partial charge in [0.1, 0.15) is 5.75 Å². The number of ether oxygens (including phenoxy) is 1. The molecule has 0 aliphatic carbocycles. The minimum absolute atomic E-state index is 0. The van der Waals surface area contributed by atoms with Gasteiger partial charge in [-0.1, -0.05) is 18.2 Å². The van der Waals surface area contributed by atoms with E-state index in [2.05, 4.69) is 10.6 Å². The maximum Gasteiger partial charge on any atom is 0.224 e.